The molecule has 140 valence electrons. The number of hydrogen-bond acceptors (Lipinski definition) is 3. The van der Waals surface area contributed by atoms with E-state index in [-0.39, 0.29) is 5.75 Å². The Bertz CT molecular complexity index is 908. The fraction of sp³-hybridized carbons (Fsp3) is 0.174. The first-order chi connectivity index (χ1) is 13.2. The number of anilines is 1. The lowest BCUT2D eigenvalue weighted by Crippen LogP contribution is -1.91. The van der Waals surface area contributed by atoms with Crippen LogP contribution in [-0.2, 0) is 0 Å². The van der Waals surface area contributed by atoms with Gasteiger partial charge in [0.1, 0.15) is 11.6 Å². The predicted octanol–water partition coefficient (Wildman–Crippen LogP) is 5.91. The monoisotopic (exact) mass is 361 g/mol. The van der Waals surface area contributed by atoms with Crippen LogP contribution in [-0.4, -0.2) is 22.1 Å². The van der Waals surface area contributed by atoms with Crippen LogP contribution < -0.4 is 5.32 Å². The first-order valence-corrected chi connectivity index (χ1v) is 9.13. The van der Waals surface area contributed by atoms with Crippen LogP contribution in [0.3, 0.4) is 0 Å². The Hall–Kier alpha value is -3.27. The second-order valence-corrected chi connectivity index (χ2v) is 5.75. The summed E-state index contributed by atoms with van der Waals surface area (Å²) in [6.45, 7) is 6.04. The fourth-order valence-electron chi connectivity index (χ4n) is 2.65. The molecule has 0 fully saturated rings. The number of phenolic OH excluding ortho intramolecular Hbond substituents is 1. The van der Waals surface area contributed by atoms with Crippen molar-refractivity contribution in [3.63, 3.8) is 0 Å². The highest BCUT2D eigenvalue weighted by atomic mass is 16.3. The van der Waals surface area contributed by atoms with Crippen molar-refractivity contribution in [3.05, 3.63) is 77.2 Å². The number of pyridine rings is 1. The number of nitrogens with zero attached hydrogens (tertiary/aromatic N) is 1. The summed E-state index contributed by atoms with van der Waals surface area (Å²) in [7, 11) is 1.89. The highest BCUT2D eigenvalue weighted by Gasteiger charge is 2.07. The topological polar surface area (TPSA) is 60.9 Å². The molecule has 0 radical (unpaired) electrons. The molecule has 3 aromatic rings. The number of phenols is 1. The zero-order chi connectivity index (χ0) is 19.6. The number of aromatic amines is 1. The van der Waals surface area contributed by atoms with Gasteiger partial charge >= 0.3 is 0 Å². The average molecular weight is 361 g/mol. The van der Waals surface area contributed by atoms with Gasteiger partial charge in [0.05, 0.1) is 5.69 Å². The second kappa shape index (κ2) is 10.0. The Balaban J connectivity index is 0.00000126. The fourth-order valence-corrected chi connectivity index (χ4v) is 2.65. The molecule has 3 N–H and O–H groups in total. The van der Waals surface area contributed by atoms with E-state index in [4.69, 9.17) is 0 Å². The lowest BCUT2D eigenvalue weighted by molar-refractivity contribution is 0.475. The Labute approximate surface area is 161 Å². The molecule has 0 unspecified atom stereocenters. The molecule has 0 aliphatic carbocycles. The van der Waals surface area contributed by atoms with E-state index < -0.39 is 0 Å². The van der Waals surface area contributed by atoms with Crippen LogP contribution in [0.1, 0.15) is 43.2 Å². The molecule has 2 heterocycles. The quantitative estimate of drug-likeness (QED) is 0.529. The van der Waals surface area contributed by atoms with Crippen molar-refractivity contribution in [2.45, 2.75) is 20.8 Å². The summed E-state index contributed by atoms with van der Waals surface area (Å²) in [5, 5.41) is 12.9. The third-order valence-corrected chi connectivity index (χ3v) is 3.99. The third-order valence-electron chi connectivity index (χ3n) is 3.99. The van der Waals surface area contributed by atoms with E-state index in [2.05, 4.69) is 21.4 Å². The Morgan fingerprint density at radius 1 is 1.11 bits per heavy atom. The van der Waals surface area contributed by atoms with Gasteiger partial charge in [0.25, 0.3) is 0 Å². The van der Waals surface area contributed by atoms with Gasteiger partial charge in [-0.15, -0.1) is 0 Å². The maximum atomic E-state index is 9.69. The number of benzene rings is 1. The molecule has 2 aromatic heterocycles. The first-order valence-electron chi connectivity index (χ1n) is 9.13. The number of H-pyrrole nitrogens is 1. The van der Waals surface area contributed by atoms with Crippen LogP contribution in [0.15, 0.2) is 54.9 Å². The Morgan fingerprint density at radius 2 is 1.93 bits per heavy atom. The van der Waals surface area contributed by atoms with E-state index in [1.165, 1.54) is 0 Å². The molecule has 4 heteroatoms. The van der Waals surface area contributed by atoms with Gasteiger partial charge in [-0.3, -0.25) is 4.98 Å². The summed E-state index contributed by atoms with van der Waals surface area (Å²) in [5.74, 6) is 1.21. The van der Waals surface area contributed by atoms with Gasteiger partial charge in [-0.1, -0.05) is 38.1 Å². The molecule has 0 aliphatic heterocycles. The van der Waals surface area contributed by atoms with Gasteiger partial charge in [0.15, 0.2) is 0 Å². The average Bonchev–Trinajstić information content (AvgIpc) is 3.10. The van der Waals surface area contributed by atoms with Gasteiger partial charge < -0.3 is 15.4 Å². The van der Waals surface area contributed by atoms with E-state index in [1.54, 1.807) is 18.3 Å². The molecule has 0 saturated heterocycles. The Morgan fingerprint density at radius 3 is 2.59 bits per heavy atom. The smallest absolute Gasteiger partial charge is 0.116 e. The standard InChI is InChI=1S/C21H21N3O.C2H6/c1-15(16-6-5-8-19(25)13-16)12-20-17(14-24-21(20)22-2)9-10-18-7-3-4-11-23-18;1-2/h3-14,22,24-25H,1-2H3;1-2H3/b10-9+,15-12+;. The number of nitrogens with one attached hydrogen (secondary N) is 2. The van der Waals surface area contributed by atoms with Crippen molar-refractivity contribution in [3.8, 4) is 5.75 Å². The van der Waals surface area contributed by atoms with Crippen molar-refractivity contribution in [1.29, 1.82) is 0 Å². The van der Waals surface area contributed by atoms with E-state index in [1.807, 2.05) is 76.5 Å². The molecule has 0 aliphatic rings. The summed E-state index contributed by atoms with van der Waals surface area (Å²) in [5.41, 5.74) is 5.10. The molecule has 0 saturated carbocycles. The minimum atomic E-state index is 0.267. The van der Waals surface area contributed by atoms with E-state index in [9.17, 15) is 5.11 Å². The van der Waals surface area contributed by atoms with Crippen LogP contribution >= 0.6 is 0 Å². The summed E-state index contributed by atoms with van der Waals surface area (Å²) in [4.78, 5) is 7.56. The van der Waals surface area contributed by atoms with Gasteiger partial charge in [-0.2, -0.15) is 0 Å². The van der Waals surface area contributed by atoms with Gasteiger partial charge in [0.2, 0.25) is 0 Å². The maximum absolute atomic E-state index is 9.69. The summed E-state index contributed by atoms with van der Waals surface area (Å²) in [6.07, 6.45) is 9.88. The minimum absolute atomic E-state index is 0.267. The zero-order valence-electron chi connectivity index (χ0n) is 16.3. The molecule has 4 nitrogen and oxygen atoms in total. The second-order valence-electron chi connectivity index (χ2n) is 5.75. The number of aromatic hydroxyl groups is 1. The molecule has 0 spiro atoms. The summed E-state index contributed by atoms with van der Waals surface area (Å²) in [6, 6.07) is 13.1. The van der Waals surface area contributed by atoms with E-state index in [0.717, 1.165) is 33.8 Å². The molecule has 3 rings (SSSR count). The molecule has 1 aromatic carbocycles. The predicted molar refractivity (Wildman–Crippen MR) is 117 cm³/mol. The van der Waals surface area contributed by atoms with Crippen molar-refractivity contribution in [2.24, 2.45) is 0 Å². The highest BCUT2D eigenvalue weighted by Crippen LogP contribution is 2.28. The van der Waals surface area contributed by atoms with E-state index in [0.29, 0.717) is 0 Å². The number of allylic oxidation sites excluding steroid dienone is 1. The van der Waals surface area contributed by atoms with Crippen LogP contribution in [0.4, 0.5) is 5.82 Å². The van der Waals surface area contributed by atoms with Crippen LogP contribution in [0.5, 0.6) is 5.75 Å². The Kier molecular flexibility index (Phi) is 7.44. The van der Waals surface area contributed by atoms with Crippen molar-refractivity contribution < 1.29 is 5.11 Å². The van der Waals surface area contributed by atoms with Crippen molar-refractivity contribution >= 4 is 29.6 Å². The molecular formula is C23H27N3O. The van der Waals surface area contributed by atoms with E-state index >= 15 is 0 Å². The molecule has 27 heavy (non-hydrogen) atoms. The molecule has 0 amide bonds. The van der Waals surface area contributed by atoms with Crippen molar-refractivity contribution in [2.75, 3.05) is 12.4 Å². The van der Waals surface area contributed by atoms with Gasteiger partial charge in [-0.25, -0.2) is 0 Å². The lowest BCUT2D eigenvalue weighted by Gasteiger charge is -2.05. The number of hydrogen-bond donors (Lipinski definition) is 3. The summed E-state index contributed by atoms with van der Waals surface area (Å²) >= 11 is 0. The third kappa shape index (κ3) is 5.35. The zero-order valence-corrected chi connectivity index (χ0v) is 16.3. The molecular weight excluding hydrogens is 334 g/mol. The van der Waals surface area contributed by atoms with Gasteiger partial charge in [-0.05, 0) is 54.5 Å². The molecule has 0 bridgehead atoms. The lowest BCUT2D eigenvalue weighted by atomic mass is 10.0. The summed E-state index contributed by atoms with van der Waals surface area (Å²) < 4.78 is 0. The number of aromatic nitrogens is 2. The normalized spacial score (nSPS) is 11.2. The first kappa shape index (κ1) is 20.0. The van der Waals surface area contributed by atoms with Crippen LogP contribution in [0.2, 0.25) is 0 Å². The van der Waals surface area contributed by atoms with Crippen LogP contribution in [0.25, 0.3) is 23.8 Å². The SMILES string of the molecule is CC.CNc1[nH]cc(/C=C/c2ccccn2)c1/C=C(\C)c1cccc(O)c1. The highest BCUT2D eigenvalue weighted by molar-refractivity contribution is 5.88. The molecule has 0 atom stereocenters. The maximum Gasteiger partial charge on any atom is 0.116 e. The largest absolute Gasteiger partial charge is 0.508 e. The van der Waals surface area contributed by atoms with Gasteiger partial charge in [0, 0.05) is 30.6 Å². The minimum Gasteiger partial charge on any atom is -0.508 e. The number of rotatable bonds is 5. The van der Waals surface area contributed by atoms with Crippen LogP contribution in [0, 0.1) is 0 Å². The van der Waals surface area contributed by atoms with Crippen molar-refractivity contribution in [1.82, 2.24) is 9.97 Å².